The number of rotatable bonds is 5. The summed E-state index contributed by atoms with van der Waals surface area (Å²) in [5, 5.41) is 13.8. The molecule has 0 atom stereocenters. The molecular formula is C22H20N6O2. The number of nitrogens with zero attached hydrogens (tertiary/aromatic N) is 4. The Morgan fingerprint density at radius 1 is 0.867 bits per heavy atom. The largest absolute Gasteiger partial charge is 0.438 e. The number of benzene rings is 2. The van der Waals surface area contributed by atoms with E-state index in [1.54, 1.807) is 36.5 Å². The molecule has 0 saturated heterocycles. The van der Waals surface area contributed by atoms with Crippen molar-refractivity contribution in [3.63, 3.8) is 0 Å². The van der Waals surface area contributed by atoms with Gasteiger partial charge in [-0.05, 0) is 56.3 Å². The molecule has 0 aliphatic heterocycles. The smallest absolute Gasteiger partial charge is 0.323 e. The lowest BCUT2D eigenvalue weighted by Gasteiger charge is -2.09. The Kier molecular flexibility index (Phi) is 5.38. The highest BCUT2D eigenvalue weighted by molar-refractivity contribution is 5.99. The summed E-state index contributed by atoms with van der Waals surface area (Å²) in [5.74, 6) is 2.44. The van der Waals surface area contributed by atoms with Gasteiger partial charge in [-0.1, -0.05) is 17.7 Å². The van der Waals surface area contributed by atoms with Gasteiger partial charge in [0.2, 0.25) is 5.88 Å². The second kappa shape index (κ2) is 8.44. The first-order chi connectivity index (χ1) is 14.6. The van der Waals surface area contributed by atoms with E-state index in [2.05, 4.69) is 25.8 Å². The highest BCUT2D eigenvalue weighted by Gasteiger charge is 2.06. The fourth-order valence-electron chi connectivity index (χ4n) is 2.77. The molecule has 2 aromatic heterocycles. The van der Waals surface area contributed by atoms with Crippen LogP contribution in [0.15, 0.2) is 73.1 Å². The van der Waals surface area contributed by atoms with Gasteiger partial charge in [-0.2, -0.15) is 0 Å². The zero-order valence-corrected chi connectivity index (χ0v) is 16.5. The molecule has 2 aromatic carbocycles. The summed E-state index contributed by atoms with van der Waals surface area (Å²) in [5.41, 5.74) is 2.50. The maximum Gasteiger partial charge on any atom is 0.323 e. The predicted octanol–water partition coefficient (Wildman–Crippen LogP) is 4.72. The molecule has 4 rings (SSSR count). The van der Waals surface area contributed by atoms with E-state index in [9.17, 15) is 4.79 Å². The van der Waals surface area contributed by atoms with Crippen LogP contribution in [0.3, 0.4) is 0 Å². The van der Waals surface area contributed by atoms with Gasteiger partial charge in [-0.15, -0.1) is 10.2 Å². The molecule has 0 aliphatic carbocycles. The lowest BCUT2D eigenvalue weighted by Crippen LogP contribution is -2.19. The quantitative estimate of drug-likeness (QED) is 0.506. The van der Waals surface area contributed by atoms with Gasteiger partial charge >= 0.3 is 6.03 Å². The monoisotopic (exact) mass is 400 g/mol. The summed E-state index contributed by atoms with van der Waals surface area (Å²) < 4.78 is 7.55. The molecule has 0 radical (unpaired) electrons. The Hall–Kier alpha value is -4.20. The SMILES string of the molecule is Cc1ccc(NC(=O)Nc2ccc(Oc3ccc(-n4ccnc4C)nn3)cc2)cc1. The normalized spacial score (nSPS) is 10.5. The minimum absolute atomic E-state index is 0.316. The van der Waals surface area contributed by atoms with E-state index in [0.29, 0.717) is 23.1 Å². The molecule has 4 aromatic rings. The van der Waals surface area contributed by atoms with Gasteiger partial charge in [-0.25, -0.2) is 9.78 Å². The number of imidazole rings is 1. The summed E-state index contributed by atoms with van der Waals surface area (Å²) in [7, 11) is 0. The molecule has 2 amide bonds. The number of hydrogen-bond donors (Lipinski definition) is 2. The van der Waals surface area contributed by atoms with E-state index < -0.39 is 0 Å². The second-order valence-corrected chi connectivity index (χ2v) is 6.65. The number of urea groups is 1. The van der Waals surface area contributed by atoms with E-state index in [1.165, 1.54) is 0 Å². The van der Waals surface area contributed by atoms with Gasteiger partial charge in [0.1, 0.15) is 11.6 Å². The molecule has 0 spiro atoms. The number of aromatic nitrogens is 4. The highest BCUT2D eigenvalue weighted by atomic mass is 16.5. The third-order valence-corrected chi connectivity index (χ3v) is 4.34. The minimum atomic E-state index is -0.316. The van der Waals surface area contributed by atoms with Crippen LogP contribution in [-0.2, 0) is 0 Å². The Bertz CT molecular complexity index is 1140. The van der Waals surface area contributed by atoms with Crippen LogP contribution in [-0.4, -0.2) is 25.8 Å². The predicted molar refractivity (Wildman–Crippen MR) is 114 cm³/mol. The van der Waals surface area contributed by atoms with Gasteiger partial charge in [0.15, 0.2) is 5.82 Å². The first kappa shape index (κ1) is 19.1. The van der Waals surface area contributed by atoms with Gasteiger partial charge in [0.25, 0.3) is 0 Å². The average Bonchev–Trinajstić information content (AvgIpc) is 3.18. The topological polar surface area (TPSA) is 94.0 Å². The lowest BCUT2D eigenvalue weighted by atomic mass is 10.2. The lowest BCUT2D eigenvalue weighted by molar-refractivity contribution is 0.262. The van der Waals surface area contributed by atoms with Crippen LogP contribution in [0.5, 0.6) is 11.6 Å². The molecule has 2 heterocycles. The zero-order chi connectivity index (χ0) is 20.9. The zero-order valence-electron chi connectivity index (χ0n) is 16.5. The first-order valence-corrected chi connectivity index (χ1v) is 9.33. The van der Waals surface area contributed by atoms with Crippen LogP contribution in [0, 0.1) is 13.8 Å². The minimum Gasteiger partial charge on any atom is -0.438 e. The Balaban J connectivity index is 1.35. The van der Waals surface area contributed by atoms with E-state index in [1.807, 2.05) is 54.9 Å². The van der Waals surface area contributed by atoms with Gasteiger partial charge < -0.3 is 15.4 Å². The van der Waals surface area contributed by atoms with Crippen LogP contribution in [0.2, 0.25) is 0 Å². The first-order valence-electron chi connectivity index (χ1n) is 9.33. The summed E-state index contributed by atoms with van der Waals surface area (Å²) >= 11 is 0. The number of nitrogens with one attached hydrogen (secondary N) is 2. The van der Waals surface area contributed by atoms with Gasteiger partial charge in [0, 0.05) is 29.8 Å². The molecule has 0 fully saturated rings. The Morgan fingerprint density at radius 2 is 1.53 bits per heavy atom. The highest BCUT2D eigenvalue weighted by Crippen LogP contribution is 2.22. The molecule has 0 unspecified atom stereocenters. The number of ether oxygens (including phenoxy) is 1. The number of anilines is 2. The number of carbonyl (C=O) groups excluding carboxylic acids is 1. The molecule has 30 heavy (non-hydrogen) atoms. The maximum absolute atomic E-state index is 12.1. The van der Waals surface area contributed by atoms with Crippen molar-refractivity contribution >= 4 is 17.4 Å². The van der Waals surface area contributed by atoms with Crippen molar-refractivity contribution in [1.29, 1.82) is 0 Å². The van der Waals surface area contributed by atoms with Crippen molar-refractivity contribution in [1.82, 2.24) is 19.7 Å². The van der Waals surface area contributed by atoms with E-state index in [4.69, 9.17) is 4.74 Å². The molecule has 8 nitrogen and oxygen atoms in total. The number of hydrogen-bond acceptors (Lipinski definition) is 5. The third kappa shape index (κ3) is 4.61. The molecule has 8 heteroatoms. The van der Waals surface area contributed by atoms with Crippen LogP contribution in [0.25, 0.3) is 5.82 Å². The average molecular weight is 400 g/mol. The van der Waals surface area contributed by atoms with Crippen LogP contribution >= 0.6 is 0 Å². The summed E-state index contributed by atoms with van der Waals surface area (Å²) in [6, 6.07) is 17.8. The number of aryl methyl sites for hydroxylation is 2. The summed E-state index contributed by atoms with van der Waals surface area (Å²) in [6.45, 7) is 3.89. The number of carbonyl (C=O) groups is 1. The third-order valence-electron chi connectivity index (χ3n) is 4.34. The van der Waals surface area contributed by atoms with Gasteiger partial charge in [0.05, 0.1) is 0 Å². The van der Waals surface area contributed by atoms with Crippen molar-refractivity contribution in [2.45, 2.75) is 13.8 Å². The molecule has 0 bridgehead atoms. The van der Waals surface area contributed by atoms with E-state index in [0.717, 1.165) is 17.1 Å². The second-order valence-electron chi connectivity index (χ2n) is 6.65. The standard InChI is InChI=1S/C22H20N6O2/c1-15-3-5-17(6-4-15)24-22(29)25-18-7-9-19(10-8-18)30-21-12-11-20(26-27-21)28-14-13-23-16(28)2/h3-14H,1-2H3,(H2,24,25,29). The molecule has 150 valence electrons. The fourth-order valence-corrected chi connectivity index (χ4v) is 2.77. The van der Waals surface area contributed by atoms with Crippen molar-refractivity contribution in [2.24, 2.45) is 0 Å². The van der Waals surface area contributed by atoms with Crippen LogP contribution in [0.1, 0.15) is 11.4 Å². The van der Waals surface area contributed by atoms with E-state index in [-0.39, 0.29) is 6.03 Å². The summed E-state index contributed by atoms with van der Waals surface area (Å²) in [6.07, 6.45) is 3.53. The van der Waals surface area contributed by atoms with Crippen molar-refractivity contribution in [3.05, 3.63) is 84.4 Å². The Labute approximate surface area is 173 Å². The van der Waals surface area contributed by atoms with Gasteiger partial charge in [-0.3, -0.25) is 4.57 Å². The fraction of sp³-hybridized carbons (Fsp3) is 0.0909. The van der Waals surface area contributed by atoms with E-state index >= 15 is 0 Å². The van der Waals surface area contributed by atoms with Crippen LogP contribution in [0.4, 0.5) is 16.2 Å². The van der Waals surface area contributed by atoms with Crippen molar-refractivity contribution in [2.75, 3.05) is 10.6 Å². The maximum atomic E-state index is 12.1. The van der Waals surface area contributed by atoms with Crippen molar-refractivity contribution < 1.29 is 9.53 Å². The molecule has 2 N–H and O–H groups in total. The summed E-state index contributed by atoms with van der Waals surface area (Å²) in [4.78, 5) is 16.3. The van der Waals surface area contributed by atoms with Crippen LogP contribution < -0.4 is 15.4 Å². The molecular weight excluding hydrogens is 380 g/mol. The Morgan fingerprint density at radius 3 is 2.10 bits per heavy atom. The number of amides is 2. The molecule has 0 saturated carbocycles. The molecule has 0 aliphatic rings. The van der Waals surface area contributed by atoms with Crippen molar-refractivity contribution in [3.8, 4) is 17.4 Å².